The molecule has 0 spiro atoms. The molecule has 4 aliphatic rings. The molecule has 0 bridgehead atoms. The highest BCUT2D eigenvalue weighted by atomic mass is 16.1. The minimum absolute atomic E-state index is 0.205. The van der Waals surface area contributed by atoms with Crippen LogP contribution < -0.4 is 0 Å². The van der Waals surface area contributed by atoms with Crippen LogP contribution in [0.5, 0.6) is 0 Å². The van der Waals surface area contributed by atoms with Crippen LogP contribution in [-0.2, 0) is 11.3 Å². The molecule has 154 valence electrons. The zero-order chi connectivity index (χ0) is 19.5. The lowest BCUT2D eigenvalue weighted by Crippen LogP contribution is -2.53. The molecular formula is C24H37N3O. The number of ketones is 1. The van der Waals surface area contributed by atoms with Gasteiger partial charge in [-0.1, -0.05) is 27.2 Å². The lowest BCUT2D eigenvalue weighted by Gasteiger charge is -2.61. The van der Waals surface area contributed by atoms with E-state index in [4.69, 9.17) is 0 Å². The normalized spacial score (nSPS) is 47.8. The van der Waals surface area contributed by atoms with Crippen LogP contribution in [0.15, 0.2) is 12.4 Å². The molecule has 4 heteroatoms. The van der Waals surface area contributed by atoms with Crippen molar-refractivity contribution in [2.75, 3.05) is 0 Å². The molecule has 4 nitrogen and oxygen atoms in total. The predicted molar refractivity (Wildman–Crippen MR) is 109 cm³/mol. The molecule has 4 fully saturated rings. The predicted octanol–water partition coefficient (Wildman–Crippen LogP) is 5.14. The van der Waals surface area contributed by atoms with Gasteiger partial charge < -0.3 is 0 Å². The second-order valence-electron chi connectivity index (χ2n) is 11.2. The topological polar surface area (TPSA) is 47.8 Å². The Morgan fingerprint density at radius 1 is 0.964 bits per heavy atom. The Hall–Kier alpha value is -1.19. The maximum absolute atomic E-state index is 13.2. The molecule has 4 aliphatic carbocycles. The smallest absolute Gasteiger partial charge is 0.159 e. The molecule has 5 rings (SSSR count). The summed E-state index contributed by atoms with van der Waals surface area (Å²) in [7, 11) is 0. The third-order valence-electron chi connectivity index (χ3n) is 10.1. The van der Waals surface area contributed by atoms with E-state index in [0.29, 0.717) is 17.7 Å². The van der Waals surface area contributed by atoms with Crippen molar-refractivity contribution in [2.24, 2.45) is 46.3 Å². The van der Waals surface area contributed by atoms with Crippen LogP contribution in [-0.4, -0.2) is 20.8 Å². The molecule has 0 aliphatic heterocycles. The molecule has 0 N–H and O–H groups in total. The average molecular weight is 384 g/mol. The molecule has 1 aromatic rings. The van der Waals surface area contributed by atoms with E-state index in [2.05, 4.69) is 31.0 Å². The van der Waals surface area contributed by atoms with Crippen LogP contribution in [0.2, 0.25) is 0 Å². The molecule has 0 saturated heterocycles. The Morgan fingerprint density at radius 3 is 2.46 bits per heavy atom. The van der Waals surface area contributed by atoms with Crippen molar-refractivity contribution >= 4 is 5.78 Å². The summed E-state index contributed by atoms with van der Waals surface area (Å²) in [6.07, 6.45) is 15.5. The van der Waals surface area contributed by atoms with E-state index in [-0.39, 0.29) is 11.3 Å². The van der Waals surface area contributed by atoms with Gasteiger partial charge in [-0.3, -0.25) is 4.79 Å². The molecule has 6 unspecified atom stereocenters. The Labute approximate surface area is 169 Å². The van der Waals surface area contributed by atoms with E-state index in [0.717, 1.165) is 36.0 Å². The van der Waals surface area contributed by atoms with Crippen LogP contribution in [0.4, 0.5) is 0 Å². The number of nitrogens with zero attached hydrogens (tertiary/aromatic N) is 3. The van der Waals surface area contributed by atoms with E-state index in [1.54, 1.807) is 17.2 Å². The van der Waals surface area contributed by atoms with Crippen molar-refractivity contribution in [1.82, 2.24) is 15.0 Å². The van der Waals surface area contributed by atoms with E-state index in [1.807, 2.05) is 0 Å². The first-order chi connectivity index (χ1) is 13.4. The standard InChI is InChI=1S/C24H37N3O/c1-16-8-10-23(2)17(14-16)4-5-18-19-6-7-21(24(19,3)11-9-20(18)23)22(28)15-27-25-12-13-26-27/h12-13,16-21H,4-11,14-15H2,1-3H3/t16-,17?,18?,19?,20?,21+,23?,24?/m0/s1. The lowest BCUT2D eigenvalue weighted by molar-refractivity contribution is -0.137. The van der Waals surface area contributed by atoms with E-state index in [1.165, 1.54) is 51.4 Å². The van der Waals surface area contributed by atoms with Gasteiger partial charge in [0.05, 0.1) is 12.4 Å². The SMILES string of the molecule is C[C@H]1CCC2(C)C(CCC3C2CCC2(C)C3CC[C@@H]2C(=O)Cn2nccn2)C1. The Bertz CT molecular complexity index is 730. The maximum atomic E-state index is 13.2. The number of Topliss-reactive ketones (excluding diaryl/α,β-unsaturated/α-hetero) is 1. The third kappa shape index (κ3) is 2.73. The molecule has 28 heavy (non-hydrogen) atoms. The minimum atomic E-state index is 0.205. The molecular weight excluding hydrogens is 346 g/mol. The van der Waals surface area contributed by atoms with Crippen molar-refractivity contribution < 1.29 is 4.79 Å². The maximum Gasteiger partial charge on any atom is 0.159 e. The summed E-state index contributed by atoms with van der Waals surface area (Å²) in [6, 6.07) is 0. The number of hydrogen-bond acceptors (Lipinski definition) is 3. The van der Waals surface area contributed by atoms with Gasteiger partial charge in [0.2, 0.25) is 0 Å². The monoisotopic (exact) mass is 383 g/mol. The fourth-order valence-electron chi connectivity index (χ4n) is 8.58. The van der Waals surface area contributed by atoms with Gasteiger partial charge >= 0.3 is 0 Å². The van der Waals surface area contributed by atoms with Crippen LogP contribution in [0, 0.1) is 46.3 Å². The van der Waals surface area contributed by atoms with Gasteiger partial charge in [-0.25, -0.2) is 0 Å². The zero-order valence-corrected chi connectivity index (χ0v) is 17.9. The first kappa shape index (κ1) is 18.8. The van der Waals surface area contributed by atoms with Gasteiger partial charge in [0, 0.05) is 5.92 Å². The van der Waals surface area contributed by atoms with Crippen LogP contribution >= 0.6 is 0 Å². The quantitative estimate of drug-likeness (QED) is 0.726. The van der Waals surface area contributed by atoms with Gasteiger partial charge in [-0.05, 0) is 91.8 Å². The first-order valence-electron chi connectivity index (χ1n) is 11.8. The zero-order valence-electron chi connectivity index (χ0n) is 17.9. The summed E-state index contributed by atoms with van der Waals surface area (Å²) in [5, 5.41) is 8.33. The first-order valence-corrected chi connectivity index (χ1v) is 11.8. The molecule has 1 aromatic heterocycles. The van der Waals surface area contributed by atoms with Crippen LogP contribution in [0.3, 0.4) is 0 Å². The number of rotatable bonds is 3. The Kier molecular flexibility index (Phi) is 4.48. The van der Waals surface area contributed by atoms with Gasteiger partial charge in [-0.15, -0.1) is 0 Å². The summed E-state index contributed by atoms with van der Waals surface area (Å²) in [6.45, 7) is 7.92. The highest BCUT2D eigenvalue weighted by Gasteiger charge is 2.60. The largest absolute Gasteiger partial charge is 0.297 e. The fraction of sp³-hybridized carbons (Fsp3) is 0.875. The number of hydrogen-bond donors (Lipinski definition) is 0. The fourth-order valence-corrected chi connectivity index (χ4v) is 8.58. The highest BCUT2D eigenvalue weighted by Crippen LogP contribution is 2.67. The Balaban J connectivity index is 1.36. The highest BCUT2D eigenvalue weighted by molar-refractivity contribution is 5.81. The van der Waals surface area contributed by atoms with Crippen molar-refractivity contribution in [3.63, 3.8) is 0 Å². The lowest BCUT2D eigenvalue weighted by atomic mass is 9.44. The minimum Gasteiger partial charge on any atom is -0.297 e. The molecule has 0 aromatic carbocycles. The van der Waals surface area contributed by atoms with Crippen molar-refractivity contribution in [1.29, 1.82) is 0 Å². The number of carbonyl (C=O) groups excluding carboxylic acids is 1. The summed E-state index contributed by atoms with van der Waals surface area (Å²) < 4.78 is 0. The molecule has 0 amide bonds. The Morgan fingerprint density at radius 2 is 1.68 bits per heavy atom. The van der Waals surface area contributed by atoms with Crippen LogP contribution in [0.25, 0.3) is 0 Å². The van der Waals surface area contributed by atoms with E-state index >= 15 is 0 Å². The van der Waals surface area contributed by atoms with Gasteiger partial charge in [0.1, 0.15) is 6.54 Å². The van der Waals surface area contributed by atoms with E-state index in [9.17, 15) is 4.79 Å². The number of aromatic nitrogens is 3. The van der Waals surface area contributed by atoms with Gasteiger partial charge in [0.25, 0.3) is 0 Å². The molecule has 1 heterocycles. The van der Waals surface area contributed by atoms with Crippen molar-refractivity contribution in [2.45, 2.75) is 85.1 Å². The summed E-state index contributed by atoms with van der Waals surface area (Å²) in [4.78, 5) is 14.7. The van der Waals surface area contributed by atoms with Crippen molar-refractivity contribution in [3.8, 4) is 0 Å². The average Bonchev–Trinajstić information content (AvgIpc) is 3.29. The van der Waals surface area contributed by atoms with Crippen molar-refractivity contribution in [3.05, 3.63) is 12.4 Å². The summed E-state index contributed by atoms with van der Waals surface area (Å²) in [5.74, 6) is 4.96. The summed E-state index contributed by atoms with van der Waals surface area (Å²) in [5.41, 5.74) is 0.772. The summed E-state index contributed by atoms with van der Waals surface area (Å²) >= 11 is 0. The third-order valence-corrected chi connectivity index (χ3v) is 10.1. The molecule has 8 atom stereocenters. The second-order valence-corrected chi connectivity index (χ2v) is 11.2. The molecule has 0 radical (unpaired) electrons. The van der Waals surface area contributed by atoms with Gasteiger partial charge in [-0.2, -0.15) is 15.0 Å². The molecule has 4 saturated carbocycles. The van der Waals surface area contributed by atoms with Gasteiger partial charge in [0.15, 0.2) is 5.78 Å². The second kappa shape index (κ2) is 6.67. The van der Waals surface area contributed by atoms with Crippen LogP contribution in [0.1, 0.15) is 78.6 Å². The number of fused-ring (bicyclic) bond motifs is 5. The van der Waals surface area contributed by atoms with E-state index < -0.39 is 0 Å². The number of carbonyl (C=O) groups is 1.